The molecule has 0 aromatic rings. The molecule has 0 spiro atoms. The first-order valence-corrected chi connectivity index (χ1v) is 7.69. The van der Waals surface area contributed by atoms with Gasteiger partial charge in [0.15, 0.2) is 0 Å². The van der Waals surface area contributed by atoms with Crippen molar-refractivity contribution in [1.29, 1.82) is 0 Å². The van der Waals surface area contributed by atoms with Gasteiger partial charge in [-0.15, -0.1) is 0 Å². The van der Waals surface area contributed by atoms with Crippen molar-refractivity contribution in [2.24, 2.45) is 0 Å². The Balaban J connectivity index is 3.57. The van der Waals surface area contributed by atoms with Crippen molar-refractivity contribution in [2.45, 2.75) is 46.1 Å². The Hall–Kier alpha value is -0.350. The molecule has 0 aliphatic heterocycles. The first-order valence-electron chi connectivity index (χ1n) is 5.87. The van der Waals surface area contributed by atoms with Crippen LogP contribution < -0.4 is 5.32 Å². The van der Waals surface area contributed by atoms with Crippen molar-refractivity contribution in [2.75, 3.05) is 18.1 Å². The summed E-state index contributed by atoms with van der Waals surface area (Å²) in [6, 6.07) is 0. The Morgan fingerprint density at radius 2 is 1.69 bits per heavy atom. The topological polar surface area (TPSA) is 46.2 Å². The van der Waals surface area contributed by atoms with Crippen LogP contribution in [0.15, 0.2) is 12.2 Å². The molecule has 4 heteroatoms. The molecule has 0 fully saturated rings. The molecule has 3 nitrogen and oxygen atoms in total. The normalized spacial score (nSPS) is 13.5. The molecule has 0 rings (SSSR count). The zero-order valence-electron chi connectivity index (χ0n) is 10.9. The Bertz CT molecular complexity index is 299. The van der Waals surface area contributed by atoms with Gasteiger partial charge in [-0.25, -0.2) is 8.42 Å². The van der Waals surface area contributed by atoms with Crippen LogP contribution in [0.1, 0.15) is 40.5 Å². The highest BCUT2D eigenvalue weighted by Crippen LogP contribution is 1.99. The van der Waals surface area contributed by atoms with E-state index in [9.17, 15) is 8.42 Å². The van der Waals surface area contributed by atoms with Crippen LogP contribution in [0.4, 0.5) is 0 Å². The van der Waals surface area contributed by atoms with Crippen molar-refractivity contribution < 1.29 is 8.42 Å². The van der Waals surface area contributed by atoms with Crippen molar-refractivity contribution >= 4 is 9.84 Å². The second-order valence-electron chi connectivity index (χ2n) is 4.96. The van der Waals surface area contributed by atoms with E-state index in [-0.39, 0.29) is 17.0 Å². The van der Waals surface area contributed by atoms with Gasteiger partial charge < -0.3 is 5.32 Å². The number of nitrogens with one attached hydrogen (secondary N) is 1. The number of hydrogen-bond acceptors (Lipinski definition) is 3. The van der Waals surface area contributed by atoms with Gasteiger partial charge in [-0.1, -0.05) is 19.1 Å². The largest absolute Gasteiger partial charge is 0.312 e. The van der Waals surface area contributed by atoms with E-state index in [1.54, 1.807) is 6.92 Å². The highest BCUT2D eigenvalue weighted by Gasteiger charge is 2.06. The molecule has 16 heavy (non-hydrogen) atoms. The fraction of sp³-hybridized carbons (Fsp3) is 0.833. The molecule has 0 saturated heterocycles. The molecule has 96 valence electrons. The third kappa shape index (κ3) is 10.2. The summed E-state index contributed by atoms with van der Waals surface area (Å²) in [5.74, 6) is 0.513. The van der Waals surface area contributed by atoms with Crippen LogP contribution in [0.2, 0.25) is 0 Å². The number of allylic oxidation sites excluding steroid dienone is 1. The zero-order chi connectivity index (χ0) is 12.7. The van der Waals surface area contributed by atoms with E-state index in [0.717, 1.165) is 13.0 Å². The van der Waals surface area contributed by atoms with Gasteiger partial charge in [-0.2, -0.15) is 0 Å². The molecule has 0 aromatic carbocycles. The van der Waals surface area contributed by atoms with Crippen LogP contribution in [0.3, 0.4) is 0 Å². The molecule has 0 saturated carbocycles. The smallest absolute Gasteiger partial charge is 0.150 e. The molecular weight excluding hydrogens is 222 g/mol. The van der Waals surface area contributed by atoms with E-state index in [0.29, 0.717) is 6.42 Å². The molecular formula is C12H25NO2S. The molecule has 0 aliphatic rings. The van der Waals surface area contributed by atoms with Crippen molar-refractivity contribution in [1.82, 2.24) is 5.32 Å². The minimum atomic E-state index is -2.80. The van der Waals surface area contributed by atoms with Crippen LogP contribution in [-0.2, 0) is 9.84 Å². The average Bonchev–Trinajstić information content (AvgIpc) is 2.14. The van der Waals surface area contributed by atoms with E-state index >= 15 is 0 Å². The fourth-order valence-electron chi connectivity index (χ4n) is 1.16. The molecule has 0 bridgehead atoms. The van der Waals surface area contributed by atoms with E-state index in [4.69, 9.17) is 0 Å². The van der Waals surface area contributed by atoms with E-state index in [1.807, 2.05) is 12.2 Å². The highest BCUT2D eigenvalue weighted by molar-refractivity contribution is 7.91. The standard InChI is InChI=1S/C12H25NO2S/c1-5-16(14,15)11-9-7-6-8-10-13-12(2,3)4/h6-7,13H,5,8-11H2,1-4H3/b7-6+. The highest BCUT2D eigenvalue weighted by atomic mass is 32.2. The van der Waals surface area contributed by atoms with Gasteiger partial charge in [-0.05, 0) is 40.2 Å². The van der Waals surface area contributed by atoms with Crippen LogP contribution in [0.5, 0.6) is 0 Å². The van der Waals surface area contributed by atoms with Crippen LogP contribution in [0, 0.1) is 0 Å². The summed E-state index contributed by atoms with van der Waals surface area (Å²) in [6.07, 6.45) is 5.58. The number of sulfone groups is 1. The maximum atomic E-state index is 11.2. The summed E-state index contributed by atoms with van der Waals surface area (Å²) in [6.45, 7) is 9.01. The van der Waals surface area contributed by atoms with Gasteiger partial charge in [0.1, 0.15) is 9.84 Å². The second kappa shape index (κ2) is 7.07. The van der Waals surface area contributed by atoms with Gasteiger partial charge in [0.2, 0.25) is 0 Å². The lowest BCUT2D eigenvalue weighted by atomic mass is 10.1. The summed E-state index contributed by atoms with van der Waals surface area (Å²) >= 11 is 0. The summed E-state index contributed by atoms with van der Waals surface area (Å²) < 4.78 is 22.3. The van der Waals surface area contributed by atoms with Crippen LogP contribution in [-0.4, -0.2) is 32.0 Å². The Labute approximate surface area is 100 Å². The van der Waals surface area contributed by atoms with Crippen LogP contribution >= 0.6 is 0 Å². The molecule has 0 heterocycles. The van der Waals surface area contributed by atoms with E-state index in [1.165, 1.54) is 0 Å². The lowest BCUT2D eigenvalue weighted by molar-refractivity contribution is 0.431. The minimum Gasteiger partial charge on any atom is -0.312 e. The summed E-state index contributed by atoms with van der Waals surface area (Å²) in [4.78, 5) is 0. The summed E-state index contributed by atoms with van der Waals surface area (Å²) in [5, 5.41) is 3.37. The van der Waals surface area contributed by atoms with E-state index < -0.39 is 9.84 Å². The lowest BCUT2D eigenvalue weighted by Gasteiger charge is -2.19. The first-order chi connectivity index (χ1) is 7.27. The van der Waals surface area contributed by atoms with Crippen molar-refractivity contribution in [3.8, 4) is 0 Å². The van der Waals surface area contributed by atoms with Gasteiger partial charge in [0.05, 0.1) is 5.75 Å². The molecule has 0 radical (unpaired) electrons. The molecule has 0 amide bonds. The second-order valence-corrected chi connectivity index (χ2v) is 7.43. The molecule has 0 unspecified atom stereocenters. The first kappa shape index (κ1) is 15.7. The molecule has 0 atom stereocenters. The maximum absolute atomic E-state index is 11.2. The fourth-order valence-corrected chi connectivity index (χ4v) is 1.94. The SMILES string of the molecule is CCS(=O)(=O)CC/C=C/CCNC(C)(C)C. The third-order valence-electron chi connectivity index (χ3n) is 2.17. The predicted molar refractivity (Wildman–Crippen MR) is 70.5 cm³/mol. The summed E-state index contributed by atoms with van der Waals surface area (Å²) in [7, 11) is -2.80. The average molecular weight is 247 g/mol. The Morgan fingerprint density at radius 1 is 1.12 bits per heavy atom. The lowest BCUT2D eigenvalue weighted by Crippen LogP contribution is -2.36. The van der Waals surface area contributed by atoms with Crippen LogP contribution in [0.25, 0.3) is 0 Å². The predicted octanol–water partition coefficient (Wildman–Crippen LogP) is 2.15. The third-order valence-corrected chi connectivity index (χ3v) is 3.91. The summed E-state index contributed by atoms with van der Waals surface area (Å²) in [5.41, 5.74) is 0.152. The number of rotatable bonds is 7. The Kier molecular flexibility index (Phi) is 6.91. The Morgan fingerprint density at radius 3 is 2.19 bits per heavy atom. The van der Waals surface area contributed by atoms with Gasteiger partial charge in [0.25, 0.3) is 0 Å². The van der Waals surface area contributed by atoms with Crippen molar-refractivity contribution in [3.05, 3.63) is 12.2 Å². The van der Waals surface area contributed by atoms with Gasteiger partial charge in [0, 0.05) is 11.3 Å². The van der Waals surface area contributed by atoms with E-state index in [2.05, 4.69) is 26.1 Å². The molecule has 0 aliphatic carbocycles. The monoisotopic (exact) mass is 247 g/mol. The van der Waals surface area contributed by atoms with Gasteiger partial charge >= 0.3 is 0 Å². The van der Waals surface area contributed by atoms with Gasteiger partial charge in [-0.3, -0.25) is 0 Å². The molecule has 0 aromatic heterocycles. The maximum Gasteiger partial charge on any atom is 0.150 e. The minimum absolute atomic E-state index is 0.152. The quantitative estimate of drug-likeness (QED) is 0.554. The zero-order valence-corrected chi connectivity index (χ0v) is 11.7. The molecule has 1 N–H and O–H groups in total. The van der Waals surface area contributed by atoms with Crippen molar-refractivity contribution in [3.63, 3.8) is 0 Å². The number of hydrogen-bond donors (Lipinski definition) is 1.